The number of nitrogens with two attached hydrogens (primary N) is 1. The highest BCUT2D eigenvalue weighted by Crippen LogP contribution is 2.47. The first-order valence-corrected chi connectivity index (χ1v) is 8.13. The summed E-state index contributed by atoms with van der Waals surface area (Å²) in [7, 11) is 0. The van der Waals surface area contributed by atoms with E-state index in [2.05, 4.69) is 67.6 Å². The van der Waals surface area contributed by atoms with Crippen LogP contribution in [-0.2, 0) is 5.41 Å². The summed E-state index contributed by atoms with van der Waals surface area (Å²) in [6.45, 7) is 2.27. The third kappa shape index (κ3) is 2.63. The van der Waals surface area contributed by atoms with Crippen molar-refractivity contribution in [1.82, 2.24) is 0 Å². The maximum Gasteiger partial charge on any atom is 0.0206 e. The van der Waals surface area contributed by atoms with Crippen LogP contribution in [0.3, 0.4) is 0 Å². The minimum Gasteiger partial charge on any atom is -0.327 e. The van der Waals surface area contributed by atoms with E-state index in [1.807, 2.05) is 0 Å². The molecule has 0 amide bonds. The molecule has 2 aromatic rings. The number of hydrogen-bond donors (Lipinski definition) is 1. The van der Waals surface area contributed by atoms with Gasteiger partial charge in [-0.25, -0.2) is 0 Å². The Hall–Kier alpha value is -1.60. The van der Waals surface area contributed by atoms with Crippen LogP contribution in [0.1, 0.15) is 43.7 Å². The highest BCUT2D eigenvalue weighted by molar-refractivity contribution is 5.40. The maximum absolute atomic E-state index is 6.37. The molecule has 1 aliphatic rings. The molecule has 1 heteroatoms. The van der Waals surface area contributed by atoms with E-state index in [0.717, 1.165) is 12.8 Å². The first-order chi connectivity index (χ1) is 10.3. The maximum atomic E-state index is 6.37. The quantitative estimate of drug-likeness (QED) is 0.879. The Morgan fingerprint density at radius 2 is 1.48 bits per heavy atom. The van der Waals surface area contributed by atoms with Gasteiger partial charge in [-0.3, -0.25) is 0 Å². The van der Waals surface area contributed by atoms with Gasteiger partial charge in [0.25, 0.3) is 0 Å². The van der Waals surface area contributed by atoms with Crippen molar-refractivity contribution in [1.29, 1.82) is 0 Å². The number of hydrogen-bond acceptors (Lipinski definition) is 1. The lowest BCUT2D eigenvalue weighted by Gasteiger charge is -2.44. The van der Waals surface area contributed by atoms with Crippen molar-refractivity contribution in [2.75, 3.05) is 0 Å². The van der Waals surface area contributed by atoms with Crippen LogP contribution >= 0.6 is 0 Å². The molecule has 3 rings (SSSR count). The second-order valence-corrected chi connectivity index (χ2v) is 6.39. The zero-order valence-electron chi connectivity index (χ0n) is 12.8. The lowest BCUT2D eigenvalue weighted by Crippen LogP contribution is -2.44. The van der Waals surface area contributed by atoms with E-state index in [4.69, 9.17) is 5.73 Å². The molecular weight excluding hydrogens is 254 g/mol. The third-order valence-electron chi connectivity index (χ3n) is 5.30. The summed E-state index contributed by atoms with van der Waals surface area (Å²) in [5.74, 6) is 0.610. The van der Waals surface area contributed by atoms with Crippen LogP contribution in [0.2, 0.25) is 0 Å². The smallest absolute Gasteiger partial charge is 0.0206 e. The molecule has 21 heavy (non-hydrogen) atoms. The summed E-state index contributed by atoms with van der Waals surface area (Å²) in [4.78, 5) is 0. The normalized spacial score (nSPS) is 24.7. The second kappa shape index (κ2) is 6.03. The molecule has 1 nitrogen and oxygen atoms in total. The summed E-state index contributed by atoms with van der Waals surface area (Å²) in [5.41, 5.74) is 9.40. The molecule has 1 saturated carbocycles. The summed E-state index contributed by atoms with van der Waals surface area (Å²) in [6.07, 6.45) is 4.60. The van der Waals surface area contributed by atoms with Gasteiger partial charge in [0.1, 0.15) is 0 Å². The summed E-state index contributed by atoms with van der Waals surface area (Å²) < 4.78 is 0. The monoisotopic (exact) mass is 279 g/mol. The average Bonchev–Trinajstić information content (AvgIpc) is 2.57. The van der Waals surface area contributed by atoms with Gasteiger partial charge in [-0.05, 0) is 36.3 Å². The molecule has 0 heterocycles. The Kier molecular flexibility index (Phi) is 4.12. The van der Waals surface area contributed by atoms with E-state index in [1.54, 1.807) is 0 Å². The van der Waals surface area contributed by atoms with Gasteiger partial charge in [-0.15, -0.1) is 0 Å². The standard InChI is InChI=1S/C20H25N/c1-2-16-15-20(14-13-19(16)21,17-9-5-3-6-10-17)18-11-7-4-8-12-18/h3-12,16,19H,2,13-15,21H2,1H3. The Morgan fingerprint density at radius 3 is 1.95 bits per heavy atom. The SMILES string of the molecule is CCC1CC(c2ccccc2)(c2ccccc2)CCC1N. The Bertz CT molecular complexity index is 521. The van der Waals surface area contributed by atoms with Crippen molar-refractivity contribution in [3.63, 3.8) is 0 Å². The molecule has 2 aromatic carbocycles. The predicted molar refractivity (Wildman–Crippen MR) is 89.3 cm³/mol. The molecule has 0 spiro atoms. The Labute approximate surface area is 128 Å². The molecule has 2 unspecified atom stereocenters. The van der Waals surface area contributed by atoms with Crippen LogP contribution in [0.25, 0.3) is 0 Å². The highest BCUT2D eigenvalue weighted by atomic mass is 14.7. The topological polar surface area (TPSA) is 26.0 Å². The average molecular weight is 279 g/mol. The van der Waals surface area contributed by atoms with E-state index in [1.165, 1.54) is 24.0 Å². The van der Waals surface area contributed by atoms with E-state index < -0.39 is 0 Å². The van der Waals surface area contributed by atoms with Gasteiger partial charge in [0, 0.05) is 11.5 Å². The second-order valence-electron chi connectivity index (χ2n) is 6.39. The van der Waals surface area contributed by atoms with Crippen molar-refractivity contribution in [2.24, 2.45) is 11.7 Å². The first-order valence-electron chi connectivity index (χ1n) is 8.13. The third-order valence-corrected chi connectivity index (χ3v) is 5.30. The molecule has 0 bridgehead atoms. The molecule has 110 valence electrons. The van der Waals surface area contributed by atoms with Crippen LogP contribution in [0.15, 0.2) is 60.7 Å². The molecule has 1 fully saturated rings. The summed E-state index contributed by atoms with van der Waals surface area (Å²) in [5, 5.41) is 0. The van der Waals surface area contributed by atoms with Gasteiger partial charge in [0.2, 0.25) is 0 Å². The van der Waals surface area contributed by atoms with Gasteiger partial charge in [-0.2, -0.15) is 0 Å². The van der Waals surface area contributed by atoms with Gasteiger partial charge in [0.15, 0.2) is 0 Å². The van der Waals surface area contributed by atoms with E-state index in [9.17, 15) is 0 Å². The zero-order chi connectivity index (χ0) is 14.7. The van der Waals surface area contributed by atoms with Crippen molar-refractivity contribution >= 4 is 0 Å². The zero-order valence-corrected chi connectivity index (χ0v) is 12.8. The van der Waals surface area contributed by atoms with E-state index >= 15 is 0 Å². The van der Waals surface area contributed by atoms with Gasteiger partial charge >= 0.3 is 0 Å². The van der Waals surface area contributed by atoms with Crippen LogP contribution in [-0.4, -0.2) is 6.04 Å². The largest absolute Gasteiger partial charge is 0.327 e. The minimum absolute atomic E-state index is 0.138. The van der Waals surface area contributed by atoms with Crippen LogP contribution in [0.4, 0.5) is 0 Å². The van der Waals surface area contributed by atoms with Crippen molar-refractivity contribution in [3.05, 3.63) is 71.8 Å². The molecule has 1 aliphatic carbocycles. The van der Waals surface area contributed by atoms with E-state index in [-0.39, 0.29) is 5.41 Å². The van der Waals surface area contributed by atoms with Crippen LogP contribution in [0, 0.1) is 5.92 Å². The minimum atomic E-state index is 0.138. The molecule has 0 aliphatic heterocycles. The molecule has 0 saturated heterocycles. The molecular formula is C20H25N. The molecule has 2 atom stereocenters. The van der Waals surface area contributed by atoms with Gasteiger partial charge < -0.3 is 5.73 Å². The predicted octanol–water partition coefficient (Wildman–Crippen LogP) is 4.51. The number of rotatable bonds is 3. The van der Waals surface area contributed by atoms with Crippen molar-refractivity contribution in [3.8, 4) is 0 Å². The lowest BCUT2D eigenvalue weighted by molar-refractivity contribution is 0.219. The van der Waals surface area contributed by atoms with Crippen LogP contribution < -0.4 is 5.73 Å². The van der Waals surface area contributed by atoms with Gasteiger partial charge in [0.05, 0.1) is 0 Å². The van der Waals surface area contributed by atoms with E-state index in [0.29, 0.717) is 12.0 Å². The Balaban J connectivity index is 2.08. The number of benzene rings is 2. The fraction of sp³-hybridized carbons (Fsp3) is 0.400. The molecule has 0 radical (unpaired) electrons. The highest BCUT2D eigenvalue weighted by Gasteiger charge is 2.41. The fourth-order valence-electron chi connectivity index (χ4n) is 4.00. The van der Waals surface area contributed by atoms with Gasteiger partial charge in [-0.1, -0.05) is 74.0 Å². The molecule has 2 N–H and O–H groups in total. The summed E-state index contributed by atoms with van der Waals surface area (Å²) >= 11 is 0. The van der Waals surface area contributed by atoms with Crippen LogP contribution in [0.5, 0.6) is 0 Å². The Morgan fingerprint density at radius 1 is 0.952 bits per heavy atom. The van der Waals surface area contributed by atoms with Crippen molar-refractivity contribution in [2.45, 2.75) is 44.1 Å². The van der Waals surface area contributed by atoms with Crippen molar-refractivity contribution < 1.29 is 0 Å². The lowest BCUT2D eigenvalue weighted by atomic mass is 9.61. The molecule has 0 aromatic heterocycles. The first kappa shape index (κ1) is 14.3. The fourth-order valence-corrected chi connectivity index (χ4v) is 4.00. The summed E-state index contributed by atoms with van der Waals surface area (Å²) in [6, 6.07) is 22.4.